The maximum atomic E-state index is 3.75. The first-order chi connectivity index (χ1) is 4.15. The normalized spacial score (nSPS) is 14.4. The molecule has 0 unspecified atom stereocenters. The third-order valence-electron chi connectivity index (χ3n) is 1.08. The topological polar surface area (TPSA) is 0 Å². The smallest absolute Gasteiger partial charge is 0.0137 e. The lowest BCUT2D eigenvalue weighted by atomic mass is 10.2. The monoisotopic (exact) mass is 225 g/mol. The zero-order valence-corrected chi connectivity index (χ0v) is 10.2. The molecule has 0 aliphatic rings. The van der Waals surface area contributed by atoms with Gasteiger partial charge in [0.05, 0.1) is 9.33 Å². The second-order valence-electron chi connectivity index (χ2n) is 4.48. The maximum absolute atomic E-state index is 3.75. The summed E-state index contributed by atoms with van der Waals surface area (Å²) in [6, 6.07) is 0. The molecule has 0 N–H and O–H groups in total. The van der Waals surface area contributed by atoms with E-state index in [9.17, 15) is 0 Å². The summed E-state index contributed by atoms with van der Waals surface area (Å²) in [6.07, 6.45) is 0. The average molecular weight is 226 g/mol. The number of halogens is 1. The van der Waals surface area contributed by atoms with Crippen molar-refractivity contribution in [2.45, 2.75) is 51.0 Å². The molecular formula is C8H18BrS+. The SMILES string of the molecule is CC(C)(C)[S+](Br)C(C)(C)C. The second kappa shape index (κ2) is 3.06. The van der Waals surface area contributed by atoms with Gasteiger partial charge in [-0.2, -0.15) is 0 Å². The average Bonchev–Trinajstić information content (AvgIpc) is 1.59. The van der Waals surface area contributed by atoms with Crippen LogP contribution in [0.2, 0.25) is 0 Å². The predicted octanol–water partition coefficient (Wildman–Crippen LogP) is 3.51. The number of hydrogen-bond acceptors (Lipinski definition) is 0. The summed E-state index contributed by atoms with van der Waals surface area (Å²) in [6.45, 7) is 13.6. The highest BCUT2D eigenvalue weighted by Gasteiger charge is 2.43. The number of rotatable bonds is 0. The van der Waals surface area contributed by atoms with E-state index >= 15 is 0 Å². The Bertz CT molecular complexity index is 93.4. The van der Waals surface area contributed by atoms with Crippen molar-refractivity contribution in [3.8, 4) is 0 Å². The second-order valence-corrected chi connectivity index (χ2v) is 9.39. The Morgan fingerprint density at radius 1 is 0.800 bits per heavy atom. The minimum absolute atomic E-state index is 0.308. The van der Waals surface area contributed by atoms with Gasteiger partial charge in [0, 0.05) is 0 Å². The maximum Gasteiger partial charge on any atom is 0.233 e. The van der Waals surface area contributed by atoms with Gasteiger partial charge in [0.25, 0.3) is 0 Å². The van der Waals surface area contributed by atoms with E-state index in [1.807, 2.05) is 0 Å². The van der Waals surface area contributed by atoms with E-state index < -0.39 is 0 Å². The van der Waals surface area contributed by atoms with Crippen molar-refractivity contribution in [1.82, 2.24) is 0 Å². The van der Waals surface area contributed by atoms with Gasteiger partial charge in [-0.1, -0.05) is 0 Å². The van der Waals surface area contributed by atoms with Crippen LogP contribution in [-0.4, -0.2) is 9.49 Å². The Hall–Kier alpha value is 0.830. The Balaban J connectivity index is 4.23. The Labute approximate surface area is 75.3 Å². The number of hydrogen-bond donors (Lipinski definition) is 0. The van der Waals surface area contributed by atoms with E-state index in [1.165, 1.54) is 0 Å². The van der Waals surface area contributed by atoms with Gasteiger partial charge in [-0.05, 0) is 41.5 Å². The van der Waals surface area contributed by atoms with Crippen molar-refractivity contribution in [3.05, 3.63) is 0 Å². The largest absolute Gasteiger partial charge is 0.233 e. The highest BCUT2D eigenvalue weighted by Crippen LogP contribution is 2.35. The van der Waals surface area contributed by atoms with E-state index in [4.69, 9.17) is 0 Å². The van der Waals surface area contributed by atoms with Crippen LogP contribution in [-0.2, 0) is 9.33 Å². The Kier molecular flexibility index (Phi) is 3.31. The molecule has 0 radical (unpaired) electrons. The fourth-order valence-corrected chi connectivity index (χ4v) is 2.76. The van der Waals surface area contributed by atoms with E-state index in [1.54, 1.807) is 0 Å². The third kappa shape index (κ3) is 3.29. The quantitative estimate of drug-likeness (QED) is 0.554. The first-order valence-electron chi connectivity index (χ1n) is 3.56. The standard InChI is InChI=1S/C8H18BrS/c1-7(2,3)10(9)8(4,5)6/h1-6H3/q+1. The molecule has 0 aromatic rings. The Morgan fingerprint density at radius 2 is 1.00 bits per heavy atom. The summed E-state index contributed by atoms with van der Waals surface area (Å²) in [5.74, 6) is 0. The van der Waals surface area contributed by atoms with Crippen LogP contribution in [0, 0.1) is 0 Å². The molecule has 0 rings (SSSR count). The van der Waals surface area contributed by atoms with Gasteiger partial charge in [-0.25, -0.2) is 0 Å². The summed E-state index contributed by atoms with van der Waals surface area (Å²) in [5, 5.41) is 0. The highest BCUT2D eigenvalue weighted by molar-refractivity contribution is 9.48. The summed E-state index contributed by atoms with van der Waals surface area (Å²) >= 11 is 3.75. The van der Waals surface area contributed by atoms with E-state index in [0.717, 1.165) is 0 Å². The first kappa shape index (κ1) is 10.8. The van der Waals surface area contributed by atoms with Crippen molar-refractivity contribution in [3.63, 3.8) is 0 Å². The molecule has 0 bridgehead atoms. The molecule has 0 heterocycles. The van der Waals surface area contributed by atoms with Crippen LogP contribution in [0.4, 0.5) is 0 Å². The molecule has 0 aromatic carbocycles. The van der Waals surface area contributed by atoms with Crippen LogP contribution >= 0.6 is 14.8 Å². The Morgan fingerprint density at radius 3 is 1.00 bits per heavy atom. The fourth-order valence-electron chi connectivity index (χ4n) is 0.919. The lowest BCUT2D eigenvalue weighted by molar-refractivity contribution is 0.733. The molecule has 0 saturated heterocycles. The van der Waals surface area contributed by atoms with Crippen molar-refractivity contribution < 1.29 is 0 Å². The van der Waals surface area contributed by atoms with Crippen LogP contribution in [0.15, 0.2) is 0 Å². The fraction of sp³-hybridized carbons (Fsp3) is 1.00. The summed E-state index contributed by atoms with van der Waals surface area (Å²) < 4.78 is 0.774. The highest BCUT2D eigenvalue weighted by atomic mass is 79.9. The van der Waals surface area contributed by atoms with E-state index in [0.29, 0.717) is 18.8 Å². The van der Waals surface area contributed by atoms with Crippen molar-refractivity contribution in [2.24, 2.45) is 0 Å². The van der Waals surface area contributed by atoms with Crippen molar-refractivity contribution >= 4 is 24.1 Å². The summed E-state index contributed by atoms with van der Waals surface area (Å²) in [7, 11) is 0.308. The lowest BCUT2D eigenvalue weighted by Crippen LogP contribution is -2.37. The zero-order chi connectivity index (χ0) is 8.58. The molecule has 0 fully saturated rings. The molecular weight excluding hydrogens is 208 g/mol. The van der Waals surface area contributed by atoms with Crippen molar-refractivity contribution in [1.29, 1.82) is 0 Å². The molecule has 0 spiro atoms. The van der Waals surface area contributed by atoms with E-state index in [2.05, 4.69) is 56.4 Å². The van der Waals surface area contributed by atoms with Gasteiger partial charge in [0.1, 0.15) is 9.49 Å². The first-order valence-corrected chi connectivity index (χ1v) is 6.63. The minimum Gasteiger partial charge on any atom is -0.0137 e. The molecule has 0 aromatic heterocycles. The summed E-state index contributed by atoms with van der Waals surface area (Å²) in [4.78, 5) is 0. The van der Waals surface area contributed by atoms with Gasteiger partial charge in [0.2, 0.25) is 14.8 Å². The third-order valence-corrected chi connectivity index (χ3v) is 9.05. The molecule has 0 atom stereocenters. The van der Waals surface area contributed by atoms with Gasteiger partial charge in [0.15, 0.2) is 0 Å². The van der Waals surface area contributed by atoms with Gasteiger partial charge >= 0.3 is 0 Å². The molecule has 0 amide bonds. The van der Waals surface area contributed by atoms with Crippen LogP contribution in [0.3, 0.4) is 0 Å². The molecule has 10 heavy (non-hydrogen) atoms. The van der Waals surface area contributed by atoms with Crippen LogP contribution in [0.5, 0.6) is 0 Å². The summed E-state index contributed by atoms with van der Waals surface area (Å²) in [5.41, 5.74) is 0. The van der Waals surface area contributed by atoms with Crippen LogP contribution < -0.4 is 0 Å². The molecule has 0 saturated carbocycles. The lowest BCUT2D eigenvalue weighted by Gasteiger charge is -2.25. The molecule has 0 aliphatic carbocycles. The molecule has 0 aliphatic heterocycles. The van der Waals surface area contributed by atoms with Gasteiger partial charge in [-0.15, -0.1) is 0 Å². The zero-order valence-electron chi connectivity index (χ0n) is 7.79. The van der Waals surface area contributed by atoms with Crippen LogP contribution in [0.1, 0.15) is 41.5 Å². The van der Waals surface area contributed by atoms with Gasteiger partial charge in [-0.3, -0.25) is 0 Å². The molecule has 2 heteroatoms. The van der Waals surface area contributed by atoms with Crippen LogP contribution in [0.25, 0.3) is 0 Å². The molecule has 62 valence electrons. The van der Waals surface area contributed by atoms with E-state index in [-0.39, 0.29) is 0 Å². The van der Waals surface area contributed by atoms with Gasteiger partial charge < -0.3 is 0 Å². The predicted molar refractivity (Wildman–Crippen MR) is 55.8 cm³/mol. The minimum atomic E-state index is 0.308. The van der Waals surface area contributed by atoms with Crippen molar-refractivity contribution in [2.75, 3.05) is 0 Å². The molecule has 0 nitrogen and oxygen atoms in total.